The van der Waals surface area contributed by atoms with Crippen LogP contribution < -0.4 is 0 Å². The molecular weight excluding hydrogens is 208 g/mol. The largest absolute Gasteiger partial charge is 0.396 e. The van der Waals surface area contributed by atoms with Gasteiger partial charge in [-0.2, -0.15) is 0 Å². The molecule has 4 heteroatoms. The molecule has 4 N–H and O–H groups in total. The van der Waals surface area contributed by atoms with Crippen LogP contribution in [-0.4, -0.2) is 43.8 Å². The number of aliphatic hydroxyl groups excluding tert-OH is 1. The smallest absolute Gasteiger partial charge is 0.0707 e. The van der Waals surface area contributed by atoms with E-state index in [1.165, 1.54) is 0 Å². The third kappa shape index (κ3) is 1.44. The fourth-order valence-electron chi connectivity index (χ4n) is 5.18. The van der Waals surface area contributed by atoms with Gasteiger partial charge in [0.05, 0.1) is 16.8 Å². The summed E-state index contributed by atoms with van der Waals surface area (Å²) in [5, 5.41) is 40.4. The highest BCUT2D eigenvalue weighted by atomic mass is 16.3. The zero-order valence-electron chi connectivity index (χ0n) is 9.45. The van der Waals surface area contributed by atoms with Gasteiger partial charge in [-0.1, -0.05) is 0 Å². The molecule has 0 radical (unpaired) electrons. The molecule has 0 aliphatic heterocycles. The normalized spacial score (nSPS) is 59.2. The Bertz CT molecular complexity index is 273. The first-order chi connectivity index (χ1) is 7.30. The van der Waals surface area contributed by atoms with E-state index < -0.39 is 16.8 Å². The molecular formula is C12H20O4. The molecule has 0 unspecified atom stereocenters. The van der Waals surface area contributed by atoms with Crippen molar-refractivity contribution in [1.82, 2.24) is 0 Å². The van der Waals surface area contributed by atoms with Crippen molar-refractivity contribution in [2.45, 2.75) is 61.7 Å². The minimum Gasteiger partial charge on any atom is -0.396 e. The van der Waals surface area contributed by atoms with Crippen molar-refractivity contribution in [1.29, 1.82) is 0 Å². The van der Waals surface area contributed by atoms with Crippen molar-refractivity contribution >= 4 is 0 Å². The molecule has 0 aromatic carbocycles. The molecule has 0 aromatic heterocycles. The van der Waals surface area contributed by atoms with Crippen LogP contribution in [0, 0.1) is 5.41 Å². The molecule has 0 atom stereocenters. The average molecular weight is 228 g/mol. The summed E-state index contributed by atoms with van der Waals surface area (Å²) in [6.45, 7) is 0.0578. The summed E-state index contributed by atoms with van der Waals surface area (Å²) in [6.07, 6.45) is 3.57. The lowest BCUT2D eigenvalue weighted by atomic mass is 9.44. The van der Waals surface area contributed by atoms with E-state index >= 15 is 0 Å². The first-order valence-corrected chi connectivity index (χ1v) is 6.08. The highest BCUT2D eigenvalue weighted by Crippen LogP contribution is 2.65. The minimum atomic E-state index is -0.923. The summed E-state index contributed by atoms with van der Waals surface area (Å²) >= 11 is 0. The van der Waals surface area contributed by atoms with E-state index in [2.05, 4.69) is 0 Å². The van der Waals surface area contributed by atoms with Crippen LogP contribution in [0.5, 0.6) is 0 Å². The molecule has 4 rings (SSSR count). The third-order valence-electron chi connectivity index (χ3n) is 4.73. The Labute approximate surface area is 94.9 Å². The molecule has 0 spiro atoms. The van der Waals surface area contributed by atoms with Gasteiger partial charge in [-0.25, -0.2) is 0 Å². The van der Waals surface area contributed by atoms with Crippen LogP contribution >= 0.6 is 0 Å². The lowest BCUT2D eigenvalue weighted by Gasteiger charge is -2.66. The zero-order valence-corrected chi connectivity index (χ0v) is 9.45. The van der Waals surface area contributed by atoms with Crippen LogP contribution in [0.2, 0.25) is 0 Å². The van der Waals surface area contributed by atoms with Gasteiger partial charge in [0.15, 0.2) is 0 Å². The van der Waals surface area contributed by atoms with Gasteiger partial charge < -0.3 is 20.4 Å². The van der Waals surface area contributed by atoms with Crippen molar-refractivity contribution in [3.8, 4) is 0 Å². The number of aliphatic hydroxyl groups is 4. The maximum atomic E-state index is 10.4. The summed E-state index contributed by atoms with van der Waals surface area (Å²) in [5.74, 6) is 0. The summed E-state index contributed by atoms with van der Waals surface area (Å²) in [6, 6.07) is 0. The van der Waals surface area contributed by atoms with Crippen LogP contribution in [0.3, 0.4) is 0 Å². The molecule has 4 nitrogen and oxygen atoms in total. The summed E-state index contributed by atoms with van der Waals surface area (Å²) in [5.41, 5.74) is -3.03. The van der Waals surface area contributed by atoms with E-state index in [4.69, 9.17) is 5.11 Å². The predicted molar refractivity (Wildman–Crippen MR) is 56.7 cm³/mol. The van der Waals surface area contributed by atoms with E-state index in [0.717, 1.165) is 0 Å². The molecule has 16 heavy (non-hydrogen) atoms. The van der Waals surface area contributed by atoms with E-state index in [1.54, 1.807) is 0 Å². The van der Waals surface area contributed by atoms with Crippen LogP contribution in [-0.2, 0) is 0 Å². The van der Waals surface area contributed by atoms with Gasteiger partial charge in [0.2, 0.25) is 0 Å². The molecule has 0 aromatic rings. The van der Waals surface area contributed by atoms with E-state index in [9.17, 15) is 15.3 Å². The maximum Gasteiger partial charge on any atom is 0.0707 e. The Morgan fingerprint density at radius 2 is 1.06 bits per heavy atom. The van der Waals surface area contributed by atoms with Crippen molar-refractivity contribution in [3.05, 3.63) is 0 Å². The summed E-state index contributed by atoms with van der Waals surface area (Å²) in [4.78, 5) is 0. The third-order valence-corrected chi connectivity index (χ3v) is 4.73. The highest BCUT2D eigenvalue weighted by molar-refractivity contribution is 5.19. The van der Waals surface area contributed by atoms with E-state index in [0.29, 0.717) is 44.9 Å². The lowest BCUT2D eigenvalue weighted by Crippen LogP contribution is -2.69. The summed E-state index contributed by atoms with van der Waals surface area (Å²) < 4.78 is 0. The van der Waals surface area contributed by atoms with Crippen LogP contribution in [0.1, 0.15) is 44.9 Å². The van der Waals surface area contributed by atoms with Gasteiger partial charge in [0.25, 0.3) is 0 Å². The second-order valence-corrected chi connectivity index (χ2v) is 6.71. The van der Waals surface area contributed by atoms with Gasteiger partial charge in [-0.15, -0.1) is 0 Å². The SMILES string of the molecule is OCCC12CC3(O)CC(O)(CC(O)(C3)C1)C2. The van der Waals surface area contributed by atoms with Crippen LogP contribution in [0.15, 0.2) is 0 Å². The van der Waals surface area contributed by atoms with Crippen molar-refractivity contribution < 1.29 is 20.4 Å². The Balaban J connectivity index is 2.00. The van der Waals surface area contributed by atoms with Crippen molar-refractivity contribution in [2.75, 3.05) is 6.61 Å². The first-order valence-electron chi connectivity index (χ1n) is 6.08. The molecule has 4 fully saturated rings. The van der Waals surface area contributed by atoms with Gasteiger partial charge in [-0.05, 0) is 31.1 Å². The molecule has 4 aliphatic rings. The average Bonchev–Trinajstić information content (AvgIpc) is 1.91. The molecule has 0 amide bonds. The Morgan fingerprint density at radius 1 is 0.688 bits per heavy atom. The van der Waals surface area contributed by atoms with Crippen molar-refractivity contribution in [3.63, 3.8) is 0 Å². The quantitative estimate of drug-likeness (QED) is 0.533. The summed E-state index contributed by atoms with van der Waals surface area (Å²) in [7, 11) is 0. The maximum absolute atomic E-state index is 10.4. The topological polar surface area (TPSA) is 80.9 Å². The lowest BCUT2D eigenvalue weighted by molar-refractivity contribution is -0.282. The van der Waals surface area contributed by atoms with Gasteiger partial charge in [-0.3, -0.25) is 0 Å². The molecule has 4 saturated carbocycles. The van der Waals surface area contributed by atoms with E-state index in [-0.39, 0.29) is 12.0 Å². The van der Waals surface area contributed by atoms with Gasteiger partial charge >= 0.3 is 0 Å². The Hall–Kier alpha value is -0.160. The van der Waals surface area contributed by atoms with Crippen LogP contribution in [0.4, 0.5) is 0 Å². The number of hydrogen-bond acceptors (Lipinski definition) is 4. The molecule has 4 aliphatic carbocycles. The molecule has 92 valence electrons. The molecule has 4 bridgehead atoms. The fourth-order valence-corrected chi connectivity index (χ4v) is 5.18. The Kier molecular flexibility index (Phi) is 1.92. The highest BCUT2D eigenvalue weighted by Gasteiger charge is 2.67. The minimum absolute atomic E-state index is 0.0578. The zero-order chi connectivity index (χ0) is 11.7. The predicted octanol–water partition coefficient (Wildman–Crippen LogP) is -0.0701. The van der Waals surface area contributed by atoms with Crippen LogP contribution in [0.25, 0.3) is 0 Å². The molecule has 0 heterocycles. The number of hydrogen-bond donors (Lipinski definition) is 4. The second-order valence-electron chi connectivity index (χ2n) is 6.71. The number of rotatable bonds is 2. The standard InChI is InChI=1S/C12H20O4/c13-2-1-9-3-10(14)6-11(15,4-9)8-12(16,5-9)7-10/h13-16H,1-8H2. The molecule has 0 saturated heterocycles. The Morgan fingerprint density at radius 3 is 1.38 bits per heavy atom. The van der Waals surface area contributed by atoms with Gasteiger partial charge in [0.1, 0.15) is 0 Å². The monoisotopic (exact) mass is 228 g/mol. The fraction of sp³-hybridized carbons (Fsp3) is 1.00. The van der Waals surface area contributed by atoms with Crippen molar-refractivity contribution in [2.24, 2.45) is 5.41 Å². The second kappa shape index (κ2) is 2.80. The van der Waals surface area contributed by atoms with Gasteiger partial charge in [0, 0.05) is 25.9 Å². The van der Waals surface area contributed by atoms with E-state index in [1.807, 2.05) is 0 Å². The first kappa shape index (κ1) is 11.0.